The number of nitrogens with zero attached hydrogens (tertiary/aromatic N) is 5. The van der Waals surface area contributed by atoms with Crippen LogP contribution in [-0.2, 0) is 17.3 Å². The van der Waals surface area contributed by atoms with Gasteiger partial charge in [0.15, 0.2) is 0 Å². The molecule has 2 fully saturated rings. The van der Waals surface area contributed by atoms with Crippen LogP contribution < -0.4 is 10.9 Å². The fraction of sp³-hybridized carbons (Fsp3) is 0.622. The maximum absolute atomic E-state index is 16.2. The number of hydrogen-bond donors (Lipinski definition) is 1. The van der Waals surface area contributed by atoms with E-state index in [-0.39, 0.29) is 35.0 Å². The van der Waals surface area contributed by atoms with E-state index < -0.39 is 29.3 Å². The van der Waals surface area contributed by atoms with Crippen LogP contribution >= 0.6 is 0 Å². The van der Waals surface area contributed by atoms with Crippen molar-refractivity contribution in [3.05, 3.63) is 63.5 Å². The zero-order valence-corrected chi connectivity index (χ0v) is 28.7. The molecule has 3 aromatic rings. The van der Waals surface area contributed by atoms with Gasteiger partial charge in [0.1, 0.15) is 23.6 Å². The second kappa shape index (κ2) is 14.2. The van der Waals surface area contributed by atoms with Crippen molar-refractivity contribution >= 4 is 22.8 Å². The topological polar surface area (TPSA) is 83.4 Å². The first-order valence-corrected chi connectivity index (χ1v) is 17.8. The lowest BCUT2D eigenvalue weighted by Gasteiger charge is -2.45. The number of likely N-dealkylation sites (tertiary alicyclic amines) is 1. The molecule has 1 aromatic carbocycles. The maximum atomic E-state index is 16.2. The predicted octanol–water partition coefficient (Wildman–Crippen LogP) is 7.37. The molecule has 2 aromatic heterocycles. The molecule has 2 saturated heterocycles. The van der Waals surface area contributed by atoms with Gasteiger partial charge in [0, 0.05) is 55.7 Å². The largest absolute Gasteiger partial charge is 0.363 e. The third kappa shape index (κ3) is 6.71. The van der Waals surface area contributed by atoms with E-state index in [0.717, 1.165) is 38.6 Å². The summed E-state index contributed by atoms with van der Waals surface area (Å²) in [5.41, 5.74) is 0.655. The molecule has 48 heavy (non-hydrogen) atoms. The predicted molar refractivity (Wildman–Crippen MR) is 182 cm³/mol. The molecule has 4 aliphatic rings. The van der Waals surface area contributed by atoms with Crippen LogP contribution in [-0.4, -0.2) is 62.0 Å². The molecule has 1 N–H and O–H groups in total. The Labute approximate surface area is 281 Å². The van der Waals surface area contributed by atoms with Gasteiger partial charge in [-0.2, -0.15) is 0 Å². The number of anilines is 1. The lowest BCUT2D eigenvalue weighted by atomic mass is 9.79. The highest BCUT2D eigenvalue weighted by molar-refractivity contribution is 5.87. The minimum absolute atomic E-state index is 0.0218. The number of carbonyl (C=O) groups excluding carboxylic acids is 1. The van der Waals surface area contributed by atoms with Crippen molar-refractivity contribution in [3.8, 4) is 0 Å². The fourth-order valence-electron chi connectivity index (χ4n) is 8.42. The van der Waals surface area contributed by atoms with Crippen LogP contribution in [0.3, 0.4) is 0 Å². The van der Waals surface area contributed by atoms with Gasteiger partial charge in [-0.05, 0) is 77.8 Å². The summed E-state index contributed by atoms with van der Waals surface area (Å²) in [6, 6.07) is 5.39. The normalized spacial score (nSPS) is 27.4. The number of nitrogens with one attached hydrogen (secondary N) is 1. The molecule has 260 valence electrons. The molecule has 0 radical (unpaired) electrons. The van der Waals surface area contributed by atoms with E-state index in [2.05, 4.69) is 20.2 Å². The number of piperidine rings is 2. The number of aryl methyl sites for hydroxylation is 1. The molecule has 0 spiro atoms. The Morgan fingerprint density at radius 2 is 1.58 bits per heavy atom. The number of rotatable bonds is 1. The molecule has 1 amide bonds. The van der Waals surface area contributed by atoms with Crippen molar-refractivity contribution in [2.24, 2.45) is 5.92 Å². The zero-order chi connectivity index (χ0) is 34.2. The molecule has 4 aliphatic heterocycles. The van der Waals surface area contributed by atoms with Crippen LogP contribution in [0.25, 0.3) is 11.0 Å². The Hall–Kier alpha value is -3.47. The Kier molecular flexibility index (Phi) is 10.2. The van der Waals surface area contributed by atoms with Crippen molar-refractivity contribution in [1.29, 1.82) is 0 Å². The van der Waals surface area contributed by atoms with Gasteiger partial charge in [0.2, 0.25) is 5.91 Å². The highest BCUT2D eigenvalue weighted by atomic mass is 19.3. The third-order valence-electron chi connectivity index (χ3n) is 11.2. The van der Waals surface area contributed by atoms with Gasteiger partial charge >= 0.3 is 0 Å². The summed E-state index contributed by atoms with van der Waals surface area (Å²) in [5.74, 6) is -4.76. The molecule has 8 bridgehead atoms. The summed E-state index contributed by atoms with van der Waals surface area (Å²) in [7, 11) is 0. The number of aromatic nitrogens is 3. The van der Waals surface area contributed by atoms with E-state index in [9.17, 15) is 9.59 Å². The third-order valence-corrected chi connectivity index (χ3v) is 11.2. The number of carbonyl (C=O) groups is 1. The van der Waals surface area contributed by atoms with Gasteiger partial charge in [0.25, 0.3) is 11.5 Å². The van der Waals surface area contributed by atoms with Crippen LogP contribution in [0.5, 0.6) is 0 Å². The Bertz CT molecular complexity index is 1680. The van der Waals surface area contributed by atoms with Crippen molar-refractivity contribution in [2.45, 2.75) is 122 Å². The second-order valence-corrected chi connectivity index (χ2v) is 14.4. The summed E-state index contributed by atoms with van der Waals surface area (Å²) in [5, 5.41) is 3.93. The molecule has 3 atom stereocenters. The molecular formula is C37H49F3N6O2. The number of amides is 1. The van der Waals surface area contributed by atoms with Gasteiger partial charge in [-0.25, -0.2) is 23.1 Å². The molecule has 0 saturated carbocycles. The molecule has 7 rings (SSSR count). The summed E-state index contributed by atoms with van der Waals surface area (Å²) >= 11 is 0. The highest BCUT2D eigenvalue weighted by Gasteiger charge is 2.48. The molecule has 2 unspecified atom stereocenters. The number of fused-ring (bicyclic) bond motifs is 9. The van der Waals surface area contributed by atoms with E-state index >= 15 is 13.2 Å². The fourth-order valence-corrected chi connectivity index (χ4v) is 8.42. The Balaban J connectivity index is 1.40. The zero-order valence-electron chi connectivity index (χ0n) is 28.7. The molecule has 6 heterocycles. The van der Waals surface area contributed by atoms with Crippen LogP contribution in [0, 0.1) is 11.7 Å². The summed E-state index contributed by atoms with van der Waals surface area (Å²) in [6.07, 6.45) is 8.15. The number of hydrogen-bond acceptors (Lipinski definition) is 6. The minimum Gasteiger partial charge on any atom is -0.363 e. The van der Waals surface area contributed by atoms with Crippen LogP contribution in [0.2, 0.25) is 0 Å². The van der Waals surface area contributed by atoms with Gasteiger partial charge in [-0.3, -0.25) is 19.1 Å². The highest BCUT2D eigenvalue weighted by Crippen LogP contribution is 2.46. The van der Waals surface area contributed by atoms with Gasteiger partial charge in [0.05, 0.1) is 17.0 Å². The van der Waals surface area contributed by atoms with Crippen LogP contribution in [0.15, 0.2) is 35.4 Å². The summed E-state index contributed by atoms with van der Waals surface area (Å²) < 4.78 is 50.4. The van der Waals surface area contributed by atoms with Crippen molar-refractivity contribution in [1.82, 2.24) is 24.3 Å². The number of alkyl halides is 2. The molecule has 8 nitrogen and oxygen atoms in total. The van der Waals surface area contributed by atoms with Gasteiger partial charge < -0.3 is 10.2 Å². The Morgan fingerprint density at radius 3 is 2.27 bits per heavy atom. The van der Waals surface area contributed by atoms with E-state index in [0.29, 0.717) is 67.7 Å². The quantitative estimate of drug-likeness (QED) is 0.292. The van der Waals surface area contributed by atoms with Gasteiger partial charge in [-0.15, -0.1) is 0 Å². The first kappa shape index (κ1) is 34.4. The average molecular weight is 667 g/mol. The van der Waals surface area contributed by atoms with Crippen LogP contribution in [0.1, 0.15) is 114 Å². The first-order valence-electron chi connectivity index (χ1n) is 17.8. The molecular weight excluding hydrogens is 617 g/mol. The van der Waals surface area contributed by atoms with E-state index in [1.165, 1.54) is 18.5 Å². The Morgan fingerprint density at radius 1 is 0.917 bits per heavy atom. The second-order valence-electron chi connectivity index (χ2n) is 14.4. The number of pyridine rings is 1. The number of halogens is 3. The lowest BCUT2D eigenvalue weighted by molar-refractivity contribution is -0.129. The van der Waals surface area contributed by atoms with Crippen molar-refractivity contribution < 1.29 is 18.0 Å². The van der Waals surface area contributed by atoms with Crippen molar-refractivity contribution in [3.63, 3.8) is 0 Å². The monoisotopic (exact) mass is 666 g/mol. The first-order chi connectivity index (χ1) is 23.0. The average Bonchev–Trinajstić information content (AvgIpc) is 3.05. The maximum Gasteiger partial charge on any atom is 0.278 e. The molecule has 11 heteroatoms. The van der Waals surface area contributed by atoms with E-state index in [1.54, 1.807) is 24.5 Å². The van der Waals surface area contributed by atoms with Crippen LogP contribution in [0.4, 0.5) is 19.0 Å². The van der Waals surface area contributed by atoms with Gasteiger partial charge in [-0.1, -0.05) is 37.5 Å². The molecule has 0 aliphatic carbocycles. The van der Waals surface area contributed by atoms with E-state index in [4.69, 9.17) is 0 Å². The van der Waals surface area contributed by atoms with E-state index in [1.807, 2.05) is 24.8 Å². The minimum atomic E-state index is -3.32. The standard InChI is InChI=1S/C37H49F3N6O2/c1-23-19-28-20-24(2)45(23)15-8-6-5-7-9-16-46-35-31(21-30(36(46)48)27-13-17-44(18-14-27)26(4)47)34(41-22-42-35)43-25(3)29-11-10-12-32(33(29)38)37(28,39)40/h10-12,21-25,27-28H,5-9,13-20H2,1-4H3,(H,41,42,43)/t23?,24?,25-,28?/m1/s1. The lowest BCUT2D eigenvalue weighted by Crippen LogP contribution is -2.50. The summed E-state index contributed by atoms with van der Waals surface area (Å²) in [4.78, 5) is 39.3. The number of benzene rings is 1. The van der Waals surface area contributed by atoms with Crippen molar-refractivity contribution in [2.75, 3.05) is 25.0 Å². The smallest absolute Gasteiger partial charge is 0.278 e. The SMILES string of the molecule is CC(=O)N1CCC(c2cc3c4ncnc3n(c2=O)CCCCCCCN2C(C)CC(CC2C)C(F)(F)c2cccc(c2F)[C@@H](C)N4)CC1. The summed E-state index contributed by atoms with van der Waals surface area (Å²) in [6.45, 7) is 9.86.